The van der Waals surface area contributed by atoms with Crippen molar-refractivity contribution in [1.82, 2.24) is 0 Å². The molecule has 0 aliphatic rings. The number of alkyl halides is 2. The second kappa shape index (κ2) is 4.11. The van der Waals surface area contributed by atoms with Crippen LogP contribution in [0.5, 0.6) is 0 Å². The SMILES string of the molecule is CCCOCC(F)(F)S(=O)(=O)[O-]. The molecule has 0 fully saturated rings. The van der Waals surface area contributed by atoms with Crippen LogP contribution in [0.3, 0.4) is 0 Å². The zero-order chi connectivity index (χ0) is 9.83. The molecule has 0 rings (SSSR count). The van der Waals surface area contributed by atoms with E-state index in [9.17, 15) is 21.8 Å². The van der Waals surface area contributed by atoms with Gasteiger partial charge >= 0.3 is 5.25 Å². The van der Waals surface area contributed by atoms with Gasteiger partial charge in [-0.3, -0.25) is 0 Å². The number of rotatable bonds is 5. The van der Waals surface area contributed by atoms with Gasteiger partial charge in [-0.15, -0.1) is 0 Å². The minimum atomic E-state index is -5.59. The molecule has 0 aliphatic heterocycles. The van der Waals surface area contributed by atoms with Crippen LogP contribution in [0.4, 0.5) is 8.78 Å². The highest BCUT2D eigenvalue weighted by Crippen LogP contribution is 2.20. The van der Waals surface area contributed by atoms with Crippen molar-refractivity contribution in [2.45, 2.75) is 18.6 Å². The van der Waals surface area contributed by atoms with E-state index in [4.69, 9.17) is 0 Å². The summed E-state index contributed by atoms with van der Waals surface area (Å²) in [7, 11) is -5.59. The summed E-state index contributed by atoms with van der Waals surface area (Å²) >= 11 is 0. The second-order valence-electron chi connectivity index (χ2n) is 2.14. The molecule has 0 saturated heterocycles. The Balaban J connectivity index is 4.06. The van der Waals surface area contributed by atoms with Gasteiger partial charge in [0.2, 0.25) is 0 Å². The lowest BCUT2D eigenvalue weighted by atomic mass is 10.5. The van der Waals surface area contributed by atoms with Crippen LogP contribution in [-0.2, 0) is 14.9 Å². The molecule has 0 amide bonds. The van der Waals surface area contributed by atoms with E-state index in [0.29, 0.717) is 6.42 Å². The highest BCUT2D eigenvalue weighted by atomic mass is 32.2. The molecule has 0 spiro atoms. The molecular formula is C5H9F2O4S-. The second-order valence-corrected chi connectivity index (χ2v) is 3.65. The van der Waals surface area contributed by atoms with Crippen molar-refractivity contribution in [2.75, 3.05) is 13.2 Å². The lowest BCUT2D eigenvalue weighted by Crippen LogP contribution is -2.33. The monoisotopic (exact) mass is 203 g/mol. The smallest absolute Gasteiger partial charge is 0.357 e. The van der Waals surface area contributed by atoms with Crippen LogP contribution in [-0.4, -0.2) is 31.4 Å². The maximum Gasteiger partial charge on any atom is 0.357 e. The topological polar surface area (TPSA) is 66.4 Å². The van der Waals surface area contributed by atoms with E-state index in [-0.39, 0.29) is 6.61 Å². The predicted molar refractivity (Wildman–Crippen MR) is 35.8 cm³/mol. The molecule has 0 radical (unpaired) electrons. The van der Waals surface area contributed by atoms with Crippen LogP contribution in [0, 0.1) is 0 Å². The number of halogens is 2. The molecule has 0 aromatic rings. The molecule has 0 heterocycles. The van der Waals surface area contributed by atoms with E-state index >= 15 is 0 Å². The summed E-state index contributed by atoms with van der Waals surface area (Å²) in [6, 6.07) is 0. The quantitative estimate of drug-likeness (QED) is 0.483. The Labute approximate surface area is 69.3 Å². The van der Waals surface area contributed by atoms with E-state index in [0.717, 1.165) is 0 Å². The first-order valence-electron chi connectivity index (χ1n) is 3.22. The van der Waals surface area contributed by atoms with Crippen molar-refractivity contribution in [1.29, 1.82) is 0 Å². The average molecular weight is 203 g/mol. The number of hydrogen-bond acceptors (Lipinski definition) is 4. The Bertz CT molecular complexity index is 224. The van der Waals surface area contributed by atoms with E-state index < -0.39 is 22.0 Å². The van der Waals surface area contributed by atoms with Crippen molar-refractivity contribution in [2.24, 2.45) is 0 Å². The van der Waals surface area contributed by atoms with Gasteiger partial charge in [-0.05, 0) is 6.42 Å². The minimum absolute atomic E-state index is 0.00507. The first kappa shape index (κ1) is 11.7. The standard InChI is InChI=1S/C5H10F2O4S/c1-2-3-11-4-5(6,7)12(8,9)10/h2-4H2,1H3,(H,8,9,10)/p-1. The van der Waals surface area contributed by atoms with Crippen LogP contribution in [0.2, 0.25) is 0 Å². The molecule has 0 aliphatic carbocycles. The van der Waals surface area contributed by atoms with Crippen LogP contribution >= 0.6 is 0 Å². The highest BCUT2D eigenvalue weighted by Gasteiger charge is 2.37. The van der Waals surface area contributed by atoms with Gasteiger partial charge in [-0.1, -0.05) is 6.92 Å². The third-order valence-electron chi connectivity index (χ3n) is 0.984. The summed E-state index contributed by atoms with van der Waals surface area (Å²) < 4.78 is 58.3. The van der Waals surface area contributed by atoms with Gasteiger partial charge in [0.25, 0.3) is 0 Å². The van der Waals surface area contributed by atoms with E-state index in [1.54, 1.807) is 6.92 Å². The Morgan fingerprint density at radius 1 is 1.50 bits per heavy atom. The first-order chi connectivity index (χ1) is 5.31. The fraction of sp³-hybridized carbons (Fsp3) is 1.00. The van der Waals surface area contributed by atoms with Gasteiger partial charge in [0.1, 0.15) is 6.61 Å². The fourth-order valence-electron chi connectivity index (χ4n) is 0.407. The van der Waals surface area contributed by atoms with Gasteiger partial charge in [-0.2, -0.15) is 8.78 Å². The zero-order valence-corrected chi connectivity index (χ0v) is 7.23. The van der Waals surface area contributed by atoms with Crippen LogP contribution in [0.1, 0.15) is 13.3 Å². The molecule has 74 valence electrons. The minimum Gasteiger partial charge on any atom is -0.743 e. The maximum atomic E-state index is 12.2. The zero-order valence-electron chi connectivity index (χ0n) is 6.42. The van der Waals surface area contributed by atoms with Gasteiger partial charge < -0.3 is 9.29 Å². The summed E-state index contributed by atoms with van der Waals surface area (Å²) in [4.78, 5) is 0. The van der Waals surface area contributed by atoms with Crippen molar-refractivity contribution in [3.05, 3.63) is 0 Å². The molecule has 0 N–H and O–H groups in total. The lowest BCUT2D eigenvalue weighted by molar-refractivity contribution is -0.0206. The molecule has 0 aromatic heterocycles. The van der Waals surface area contributed by atoms with Gasteiger partial charge in [0, 0.05) is 6.61 Å². The van der Waals surface area contributed by atoms with Crippen LogP contribution < -0.4 is 0 Å². The maximum absolute atomic E-state index is 12.2. The number of ether oxygens (including phenoxy) is 1. The van der Waals surface area contributed by atoms with Gasteiger partial charge in [0.15, 0.2) is 10.1 Å². The van der Waals surface area contributed by atoms with Crippen LogP contribution in [0.15, 0.2) is 0 Å². The fourth-order valence-corrected chi connectivity index (χ4v) is 0.635. The van der Waals surface area contributed by atoms with Gasteiger partial charge in [0.05, 0.1) is 0 Å². The first-order valence-corrected chi connectivity index (χ1v) is 4.63. The van der Waals surface area contributed by atoms with Crippen molar-refractivity contribution < 1.29 is 26.5 Å². The van der Waals surface area contributed by atoms with E-state index in [2.05, 4.69) is 4.74 Å². The summed E-state index contributed by atoms with van der Waals surface area (Å²) in [5.74, 6) is 0. The van der Waals surface area contributed by atoms with Crippen molar-refractivity contribution in [3.8, 4) is 0 Å². The largest absolute Gasteiger partial charge is 0.743 e. The predicted octanol–water partition coefficient (Wildman–Crippen LogP) is 0.551. The van der Waals surface area contributed by atoms with Gasteiger partial charge in [-0.25, -0.2) is 8.42 Å². The normalized spacial score (nSPS) is 13.3. The Hall–Kier alpha value is -0.270. The number of hydrogen-bond donors (Lipinski definition) is 0. The molecule has 0 unspecified atom stereocenters. The average Bonchev–Trinajstić information content (AvgIpc) is 1.85. The molecule has 12 heavy (non-hydrogen) atoms. The summed E-state index contributed by atoms with van der Waals surface area (Å²) in [5, 5.41) is -4.32. The summed E-state index contributed by atoms with van der Waals surface area (Å²) in [6.07, 6.45) is 0.481. The Morgan fingerprint density at radius 2 is 2.00 bits per heavy atom. The van der Waals surface area contributed by atoms with Crippen LogP contribution in [0.25, 0.3) is 0 Å². The molecule has 0 atom stereocenters. The lowest BCUT2D eigenvalue weighted by Gasteiger charge is -2.19. The molecular weight excluding hydrogens is 194 g/mol. The molecule has 7 heteroatoms. The Morgan fingerprint density at radius 3 is 2.33 bits per heavy atom. The highest BCUT2D eigenvalue weighted by molar-refractivity contribution is 7.86. The van der Waals surface area contributed by atoms with E-state index in [1.807, 2.05) is 0 Å². The molecule has 0 saturated carbocycles. The van der Waals surface area contributed by atoms with Crippen molar-refractivity contribution >= 4 is 10.1 Å². The molecule has 0 aromatic carbocycles. The summed E-state index contributed by atoms with van der Waals surface area (Å²) in [6.45, 7) is 0.307. The van der Waals surface area contributed by atoms with E-state index in [1.165, 1.54) is 0 Å². The Kier molecular flexibility index (Phi) is 4.01. The van der Waals surface area contributed by atoms with Crippen molar-refractivity contribution in [3.63, 3.8) is 0 Å². The molecule has 4 nitrogen and oxygen atoms in total. The third kappa shape index (κ3) is 3.42. The third-order valence-corrected chi connectivity index (χ3v) is 1.83. The molecule has 0 bridgehead atoms. The summed E-state index contributed by atoms with van der Waals surface area (Å²) in [5.41, 5.74) is 0.